The van der Waals surface area contributed by atoms with Gasteiger partial charge in [0, 0.05) is 0 Å². The van der Waals surface area contributed by atoms with Crippen molar-refractivity contribution in [2.75, 3.05) is 0 Å². The maximum absolute atomic E-state index is 8.88. The first kappa shape index (κ1) is 10.1. The van der Waals surface area contributed by atoms with Crippen molar-refractivity contribution in [1.29, 1.82) is 0 Å². The Morgan fingerprint density at radius 1 is 1.12 bits per heavy atom. The highest BCUT2D eigenvalue weighted by Gasteiger charge is 2.38. The zero-order valence-electron chi connectivity index (χ0n) is 4.03. The van der Waals surface area contributed by atoms with Gasteiger partial charge in [-0.25, -0.2) is 0 Å². The highest BCUT2D eigenvalue weighted by molar-refractivity contribution is 14.2. The van der Waals surface area contributed by atoms with Crippen LogP contribution in [0.25, 0.3) is 0 Å². The number of alkyl halides is 3. The molecule has 5 heteroatoms. The smallest absolute Gasteiger partial charge is 0.240 e. The fraction of sp³-hybridized carbons (Fsp3) is 1.00. The van der Waals surface area contributed by atoms with Crippen molar-refractivity contribution in [3.05, 3.63) is 0 Å². The van der Waals surface area contributed by atoms with Crippen molar-refractivity contribution in [2.24, 2.45) is 0 Å². The molecule has 0 aliphatic carbocycles. The van der Waals surface area contributed by atoms with Crippen LogP contribution in [0.4, 0.5) is 0 Å². The van der Waals surface area contributed by atoms with E-state index in [-0.39, 0.29) is 0 Å². The maximum atomic E-state index is 8.88. The molecule has 8 heavy (non-hydrogen) atoms. The predicted octanol–water partition coefficient (Wildman–Crippen LogP) is 1.65. The van der Waals surface area contributed by atoms with Crippen LogP contribution in [0, 0.1) is 0 Å². The Morgan fingerprint density at radius 2 is 1.25 bits per heavy atom. The fourth-order valence-corrected chi connectivity index (χ4v) is 0. The van der Waals surface area contributed by atoms with Gasteiger partial charge in [-0.15, -0.1) is 0 Å². The van der Waals surface area contributed by atoms with Gasteiger partial charge in [-0.1, -0.05) is 45.2 Å². The van der Waals surface area contributed by atoms with Crippen LogP contribution in [-0.4, -0.2) is 15.4 Å². The number of halogens is 3. The topological polar surface area (TPSA) is 40.5 Å². The van der Waals surface area contributed by atoms with E-state index in [1.54, 1.807) is 29.5 Å². The van der Waals surface area contributed by atoms with Crippen LogP contribution in [0.3, 0.4) is 0 Å². The summed E-state index contributed by atoms with van der Waals surface area (Å²) in [4.78, 5) is 0. The lowest BCUT2D eigenvalue weighted by molar-refractivity contribution is -0.0551. The Labute approximate surface area is 88.8 Å². The SMILES string of the molecule is CC(I)(I)C(O)(O)I. The minimum absolute atomic E-state index is 0.525. The second-order valence-electron chi connectivity index (χ2n) is 1.48. The van der Waals surface area contributed by atoms with E-state index in [4.69, 9.17) is 10.2 Å². The molecule has 0 fully saturated rings. The van der Waals surface area contributed by atoms with E-state index in [0.717, 1.165) is 0 Å². The van der Waals surface area contributed by atoms with Gasteiger partial charge in [0.25, 0.3) is 0 Å². The average Bonchev–Trinajstić information content (AvgIpc) is 1.25. The molecule has 0 aliphatic heterocycles. The zero-order chi connectivity index (χ0) is 7.00. The molecule has 2 N–H and O–H groups in total. The number of rotatable bonds is 1. The van der Waals surface area contributed by atoms with Gasteiger partial charge in [-0.2, -0.15) is 0 Å². The molecule has 0 saturated carbocycles. The van der Waals surface area contributed by atoms with Crippen LogP contribution in [-0.2, 0) is 0 Å². The monoisotopic (exact) mass is 454 g/mol. The van der Waals surface area contributed by atoms with E-state index in [1.807, 2.05) is 45.2 Å². The van der Waals surface area contributed by atoms with Gasteiger partial charge in [0.1, 0.15) is 1.43 Å². The zero-order valence-corrected chi connectivity index (χ0v) is 10.5. The molecule has 0 rings (SSSR count). The van der Waals surface area contributed by atoms with Gasteiger partial charge < -0.3 is 10.2 Å². The van der Waals surface area contributed by atoms with Gasteiger partial charge in [-0.05, 0) is 29.5 Å². The number of hydrogen-bond acceptors (Lipinski definition) is 2. The fourth-order valence-electron chi connectivity index (χ4n) is 0. The Hall–Kier alpha value is 2.11. The summed E-state index contributed by atoms with van der Waals surface area (Å²) < 4.78 is -2.14. The molecule has 0 saturated heterocycles. The maximum Gasteiger partial charge on any atom is 0.240 e. The summed E-state index contributed by atoms with van der Waals surface area (Å²) >= 11 is 5.50. The molecule has 0 aromatic rings. The molecule has 0 atom stereocenters. The highest BCUT2D eigenvalue weighted by Crippen LogP contribution is 2.40. The van der Waals surface area contributed by atoms with E-state index in [2.05, 4.69) is 0 Å². The summed E-state index contributed by atoms with van der Waals surface area (Å²) in [5.74, 6) is 0. The Morgan fingerprint density at radius 3 is 1.25 bits per heavy atom. The molecular weight excluding hydrogens is 449 g/mol. The van der Waals surface area contributed by atoms with E-state index in [0.29, 0.717) is 0 Å². The van der Waals surface area contributed by atoms with Gasteiger partial charge in [0.05, 0.1) is 0 Å². The lowest BCUT2D eigenvalue weighted by atomic mass is 10.5. The van der Waals surface area contributed by atoms with Crippen LogP contribution >= 0.6 is 67.8 Å². The largest absolute Gasteiger partial charge is 0.356 e. The Kier molecular flexibility index (Phi) is 3.80. The second kappa shape index (κ2) is 3.01. The Bertz CT molecular complexity index is 67.5. The van der Waals surface area contributed by atoms with E-state index in [1.165, 1.54) is 0 Å². The minimum Gasteiger partial charge on any atom is -0.356 e. The standard InChI is InChI=1S/C3H5I3O2/c1-2(4,5)3(6,7)8/h7-8H,1H3. The van der Waals surface area contributed by atoms with E-state index >= 15 is 0 Å². The first-order chi connectivity index (χ1) is 3.25. The normalized spacial score (nSPS) is 14.2. The summed E-state index contributed by atoms with van der Waals surface area (Å²) in [6.07, 6.45) is 0. The molecular formula is C3H5I3O2. The first-order valence-corrected chi connectivity index (χ1v) is 5.00. The van der Waals surface area contributed by atoms with Crippen molar-refractivity contribution < 1.29 is 10.2 Å². The van der Waals surface area contributed by atoms with E-state index in [9.17, 15) is 0 Å². The quantitative estimate of drug-likeness (QED) is 0.360. The molecule has 0 aliphatic rings. The van der Waals surface area contributed by atoms with Gasteiger partial charge in [0.15, 0.2) is 0 Å². The summed E-state index contributed by atoms with van der Waals surface area (Å²) in [6, 6.07) is 0. The molecule has 0 aromatic carbocycles. The van der Waals surface area contributed by atoms with Gasteiger partial charge >= 0.3 is 0 Å². The third-order valence-corrected chi connectivity index (χ3v) is 5.21. The molecule has 2 nitrogen and oxygen atoms in total. The van der Waals surface area contributed by atoms with Crippen LogP contribution < -0.4 is 0 Å². The van der Waals surface area contributed by atoms with Crippen LogP contribution in [0.15, 0.2) is 0 Å². The molecule has 50 valence electrons. The highest BCUT2D eigenvalue weighted by atomic mass is 127. The van der Waals surface area contributed by atoms with Gasteiger partial charge in [0.2, 0.25) is 3.79 Å². The lowest BCUT2D eigenvalue weighted by Gasteiger charge is -2.25. The third kappa shape index (κ3) is 3.32. The molecule has 0 aromatic heterocycles. The lowest BCUT2D eigenvalue weighted by Crippen LogP contribution is -2.36. The summed E-state index contributed by atoms with van der Waals surface area (Å²) in [5.41, 5.74) is 0. The van der Waals surface area contributed by atoms with Crippen molar-refractivity contribution in [2.45, 2.75) is 12.1 Å². The van der Waals surface area contributed by atoms with Crippen molar-refractivity contribution in [3.8, 4) is 0 Å². The summed E-state index contributed by atoms with van der Waals surface area (Å²) in [5, 5.41) is 17.8. The van der Waals surface area contributed by atoms with Crippen LogP contribution in [0.5, 0.6) is 0 Å². The van der Waals surface area contributed by atoms with Crippen molar-refractivity contribution >= 4 is 67.8 Å². The molecule has 0 unspecified atom stereocenters. The summed E-state index contributed by atoms with van der Waals surface area (Å²) in [7, 11) is 0. The van der Waals surface area contributed by atoms with Gasteiger partial charge in [-0.3, -0.25) is 0 Å². The van der Waals surface area contributed by atoms with E-state index < -0.39 is 5.22 Å². The second-order valence-corrected chi connectivity index (χ2v) is 9.36. The predicted molar refractivity (Wildman–Crippen MR) is 57.6 cm³/mol. The van der Waals surface area contributed by atoms with Crippen molar-refractivity contribution in [3.63, 3.8) is 0 Å². The molecule has 0 spiro atoms. The number of aliphatic hydroxyl groups is 2. The summed E-state index contributed by atoms with van der Waals surface area (Å²) in [6.45, 7) is 1.74. The Balaban J connectivity index is 4.02. The third-order valence-electron chi connectivity index (χ3n) is 0.559. The minimum atomic E-state index is -1.62. The van der Waals surface area contributed by atoms with Crippen LogP contribution in [0.1, 0.15) is 6.92 Å². The first-order valence-electron chi connectivity index (χ1n) is 1.76. The average molecular weight is 454 g/mol. The molecule has 0 amide bonds. The molecule has 0 radical (unpaired) electrons. The molecule has 0 heterocycles. The van der Waals surface area contributed by atoms with Crippen molar-refractivity contribution in [1.82, 2.24) is 0 Å². The number of hydrogen-bond donors (Lipinski definition) is 2. The van der Waals surface area contributed by atoms with Crippen LogP contribution in [0.2, 0.25) is 0 Å². The molecule has 0 bridgehead atoms.